The first-order valence-corrected chi connectivity index (χ1v) is 5.41. The Balaban J connectivity index is 3.04. The van der Waals surface area contributed by atoms with Gasteiger partial charge in [-0.2, -0.15) is 0 Å². The highest BCUT2D eigenvalue weighted by Gasteiger charge is 2.12. The Kier molecular flexibility index (Phi) is 5.07. The van der Waals surface area contributed by atoms with Gasteiger partial charge in [0.15, 0.2) is 0 Å². The molecule has 0 aliphatic carbocycles. The lowest BCUT2D eigenvalue weighted by molar-refractivity contribution is -0.107. The molecular formula is C13H14O4. The lowest BCUT2D eigenvalue weighted by atomic mass is 10.0. The third-order valence-electron chi connectivity index (χ3n) is 2.29. The average Bonchev–Trinajstić information content (AvgIpc) is 2.36. The van der Waals surface area contributed by atoms with Crippen LogP contribution < -0.4 is 0 Å². The van der Waals surface area contributed by atoms with E-state index in [2.05, 4.69) is 0 Å². The molecule has 90 valence electrons. The first-order valence-electron chi connectivity index (χ1n) is 5.41. The molecule has 0 N–H and O–H groups in total. The highest BCUT2D eigenvalue weighted by atomic mass is 16.5. The summed E-state index contributed by atoms with van der Waals surface area (Å²) in [5, 5.41) is 0. The number of aldehydes is 2. The Hall–Kier alpha value is -1.97. The van der Waals surface area contributed by atoms with Crippen molar-refractivity contribution in [1.29, 1.82) is 0 Å². The molecule has 0 radical (unpaired) electrons. The predicted octanol–water partition coefficient (Wildman–Crippen LogP) is 1.81. The molecule has 1 aromatic carbocycles. The number of aryl methyl sites for hydroxylation is 1. The SMILES string of the molecule is CCOC(=O)c1ccc(C=O)cc1CCC=O. The van der Waals surface area contributed by atoms with Gasteiger partial charge < -0.3 is 9.53 Å². The molecule has 0 saturated heterocycles. The molecule has 17 heavy (non-hydrogen) atoms. The minimum atomic E-state index is -0.425. The quantitative estimate of drug-likeness (QED) is 0.556. The predicted molar refractivity (Wildman–Crippen MR) is 62.2 cm³/mol. The van der Waals surface area contributed by atoms with Gasteiger partial charge in [0.25, 0.3) is 0 Å². The molecule has 0 aromatic heterocycles. The summed E-state index contributed by atoms with van der Waals surface area (Å²) in [6, 6.07) is 4.73. The number of benzene rings is 1. The highest BCUT2D eigenvalue weighted by Crippen LogP contribution is 2.14. The van der Waals surface area contributed by atoms with Gasteiger partial charge in [-0.3, -0.25) is 4.79 Å². The number of carbonyl (C=O) groups is 3. The molecule has 0 saturated carbocycles. The summed E-state index contributed by atoms with van der Waals surface area (Å²) >= 11 is 0. The van der Waals surface area contributed by atoms with Crippen LogP contribution in [0.5, 0.6) is 0 Å². The second-order valence-corrected chi connectivity index (χ2v) is 3.46. The molecule has 0 bridgehead atoms. The fourth-order valence-electron chi connectivity index (χ4n) is 1.52. The summed E-state index contributed by atoms with van der Waals surface area (Å²) in [4.78, 5) is 32.6. The molecule has 4 nitrogen and oxygen atoms in total. The molecule has 1 rings (SSSR count). The summed E-state index contributed by atoms with van der Waals surface area (Å²) < 4.78 is 4.91. The van der Waals surface area contributed by atoms with Gasteiger partial charge in [-0.25, -0.2) is 4.79 Å². The Morgan fingerprint density at radius 2 is 2.12 bits per heavy atom. The molecular weight excluding hydrogens is 220 g/mol. The Bertz CT molecular complexity index is 423. The first-order chi connectivity index (χ1) is 8.22. The third kappa shape index (κ3) is 3.52. The van der Waals surface area contributed by atoms with Crippen LogP contribution in [0.1, 0.15) is 39.6 Å². The molecule has 0 atom stereocenters. The molecule has 0 fully saturated rings. The maximum atomic E-state index is 11.6. The van der Waals surface area contributed by atoms with Crippen molar-refractivity contribution in [2.75, 3.05) is 6.61 Å². The molecule has 0 amide bonds. The van der Waals surface area contributed by atoms with Gasteiger partial charge >= 0.3 is 5.97 Å². The third-order valence-corrected chi connectivity index (χ3v) is 2.29. The Morgan fingerprint density at radius 3 is 2.71 bits per heavy atom. The number of carbonyl (C=O) groups excluding carboxylic acids is 3. The van der Waals surface area contributed by atoms with Gasteiger partial charge in [-0.05, 0) is 31.0 Å². The van der Waals surface area contributed by atoms with E-state index in [0.29, 0.717) is 42.4 Å². The van der Waals surface area contributed by atoms with Crippen molar-refractivity contribution >= 4 is 18.5 Å². The van der Waals surface area contributed by atoms with Gasteiger partial charge in [0, 0.05) is 12.0 Å². The monoisotopic (exact) mass is 234 g/mol. The van der Waals surface area contributed by atoms with E-state index in [9.17, 15) is 14.4 Å². The number of ether oxygens (including phenoxy) is 1. The lowest BCUT2D eigenvalue weighted by Crippen LogP contribution is -2.09. The molecule has 0 heterocycles. The average molecular weight is 234 g/mol. The molecule has 4 heteroatoms. The summed E-state index contributed by atoms with van der Waals surface area (Å²) in [5.41, 5.74) is 1.57. The summed E-state index contributed by atoms with van der Waals surface area (Å²) in [6.07, 6.45) is 2.23. The normalized spacial score (nSPS) is 9.71. The van der Waals surface area contributed by atoms with E-state index in [1.54, 1.807) is 25.1 Å². The highest BCUT2D eigenvalue weighted by molar-refractivity contribution is 5.92. The van der Waals surface area contributed by atoms with Crippen molar-refractivity contribution in [2.45, 2.75) is 19.8 Å². The zero-order chi connectivity index (χ0) is 12.7. The van der Waals surface area contributed by atoms with Crippen LogP contribution in [-0.4, -0.2) is 25.1 Å². The zero-order valence-electron chi connectivity index (χ0n) is 9.64. The summed E-state index contributed by atoms with van der Waals surface area (Å²) in [7, 11) is 0. The summed E-state index contributed by atoms with van der Waals surface area (Å²) in [5.74, 6) is -0.425. The van der Waals surface area contributed by atoms with Crippen molar-refractivity contribution in [3.05, 3.63) is 34.9 Å². The van der Waals surface area contributed by atoms with Gasteiger partial charge in [-0.1, -0.05) is 6.07 Å². The van der Waals surface area contributed by atoms with Crippen molar-refractivity contribution in [3.63, 3.8) is 0 Å². The Morgan fingerprint density at radius 1 is 1.35 bits per heavy atom. The number of esters is 1. The van der Waals surface area contributed by atoms with Crippen molar-refractivity contribution in [2.24, 2.45) is 0 Å². The van der Waals surface area contributed by atoms with E-state index in [1.807, 2.05) is 0 Å². The fourth-order valence-corrected chi connectivity index (χ4v) is 1.52. The molecule has 1 aromatic rings. The maximum Gasteiger partial charge on any atom is 0.338 e. The van der Waals surface area contributed by atoms with Crippen LogP contribution >= 0.6 is 0 Å². The smallest absolute Gasteiger partial charge is 0.338 e. The summed E-state index contributed by atoms with van der Waals surface area (Å²) in [6.45, 7) is 2.02. The zero-order valence-corrected chi connectivity index (χ0v) is 9.64. The minimum absolute atomic E-state index is 0.293. The van der Waals surface area contributed by atoms with Crippen molar-refractivity contribution < 1.29 is 19.1 Å². The maximum absolute atomic E-state index is 11.6. The number of hydrogen-bond donors (Lipinski definition) is 0. The van der Waals surface area contributed by atoms with E-state index in [-0.39, 0.29) is 0 Å². The van der Waals surface area contributed by atoms with E-state index in [0.717, 1.165) is 6.29 Å². The van der Waals surface area contributed by atoms with Crippen molar-refractivity contribution in [3.8, 4) is 0 Å². The van der Waals surface area contributed by atoms with Crippen LogP contribution in [0.15, 0.2) is 18.2 Å². The number of rotatable bonds is 6. The van der Waals surface area contributed by atoms with E-state index in [4.69, 9.17) is 4.74 Å². The van der Waals surface area contributed by atoms with Crippen LogP contribution in [0.2, 0.25) is 0 Å². The molecule has 0 spiro atoms. The second-order valence-electron chi connectivity index (χ2n) is 3.46. The molecule has 0 aliphatic rings. The van der Waals surface area contributed by atoms with Crippen LogP contribution in [0.3, 0.4) is 0 Å². The second kappa shape index (κ2) is 6.58. The van der Waals surface area contributed by atoms with Crippen LogP contribution in [0.25, 0.3) is 0 Å². The topological polar surface area (TPSA) is 60.4 Å². The Labute approximate surface area is 99.6 Å². The minimum Gasteiger partial charge on any atom is -0.462 e. The van der Waals surface area contributed by atoms with Crippen LogP contribution in [0, 0.1) is 0 Å². The van der Waals surface area contributed by atoms with Gasteiger partial charge in [0.05, 0.1) is 12.2 Å². The van der Waals surface area contributed by atoms with Gasteiger partial charge in [0.2, 0.25) is 0 Å². The largest absolute Gasteiger partial charge is 0.462 e. The fraction of sp³-hybridized carbons (Fsp3) is 0.308. The molecule has 0 aliphatic heterocycles. The standard InChI is InChI=1S/C13H14O4/c1-2-17-13(16)12-6-5-10(9-15)8-11(12)4-3-7-14/h5-9H,2-4H2,1H3. The molecule has 0 unspecified atom stereocenters. The van der Waals surface area contributed by atoms with Crippen LogP contribution in [0.4, 0.5) is 0 Å². The van der Waals surface area contributed by atoms with E-state index in [1.165, 1.54) is 0 Å². The van der Waals surface area contributed by atoms with Gasteiger partial charge in [-0.15, -0.1) is 0 Å². The lowest BCUT2D eigenvalue weighted by Gasteiger charge is -2.08. The van der Waals surface area contributed by atoms with E-state index >= 15 is 0 Å². The number of hydrogen-bond acceptors (Lipinski definition) is 4. The van der Waals surface area contributed by atoms with E-state index < -0.39 is 5.97 Å². The van der Waals surface area contributed by atoms with Crippen molar-refractivity contribution in [1.82, 2.24) is 0 Å². The van der Waals surface area contributed by atoms with Gasteiger partial charge in [0.1, 0.15) is 12.6 Å². The van der Waals surface area contributed by atoms with Crippen LogP contribution in [-0.2, 0) is 16.0 Å². The first kappa shape index (κ1) is 13.1.